The lowest BCUT2D eigenvalue weighted by Crippen LogP contribution is -2.28. The van der Waals surface area contributed by atoms with Gasteiger partial charge in [-0.15, -0.1) is 23.5 Å². The number of aromatic nitrogens is 2. The van der Waals surface area contributed by atoms with Gasteiger partial charge < -0.3 is 14.4 Å². The number of carboxylic acid groups (broad SMARTS) is 1. The second-order valence-electron chi connectivity index (χ2n) is 14.3. The molecule has 0 fully saturated rings. The maximum Gasteiger partial charge on any atom is 0.309 e. The number of para-hydroxylation sites is 1. The molecule has 1 N–H and O–H groups in total. The van der Waals surface area contributed by atoms with Crippen molar-refractivity contribution in [2.75, 3.05) is 0 Å². The van der Waals surface area contributed by atoms with Crippen molar-refractivity contribution in [1.29, 1.82) is 0 Å². The third-order valence-electron chi connectivity index (χ3n) is 7.42. The van der Waals surface area contributed by atoms with Crippen LogP contribution in [0.15, 0.2) is 88.7 Å². The van der Waals surface area contributed by atoms with Crippen LogP contribution in [0.5, 0.6) is 5.75 Å². The van der Waals surface area contributed by atoms with Crippen molar-refractivity contribution in [3.8, 4) is 5.75 Å². The molecule has 2 aromatic heterocycles. The molecule has 0 bridgehead atoms. The molecule has 0 amide bonds. The van der Waals surface area contributed by atoms with Crippen LogP contribution in [0.4, 0.5) is 0 Å². The second kappa shape index (κ2) is 12.8. The molecule has 0 atom stereocenters. The first-order chi connectivity index (χ1) is 21.1. The van der Waals surface area contributed by atoms with Crippen LogP contribution >= 0.6 is 23.5 Å². The number of carboxylic acids is 1. The summed E-state index contributed by atoms with van der Waals surface area (Å²) in [5, 5.41) is 12.3. The minimum atomic E-state index is -0.937. The second-order valence-corrected chi connectivity index (χ2v) is 18.0. The van der Waals surface area contributed by atoms with Crippen LogP contribution in [0.1, 0.15) is 72.3 Å². The van der Waals surface area contributed by atoms with Crippen molar-refractivity contribution in [2.24, 2.45) is 5.41 Å². The van der Waals surface area contributed by atoms with Crippen LogP contribution in [-0.2, 0) is 24.4 Å². The minimum absolute atomic E-state index is 0.0844. The van der Waals surface area contributed by atoms with E-state index in [1.54, 1.807) is 11.8 Å². The largest absolute Gasteiger partial charge is 0.487 e. The molecule has 0 saturated carbocycles. The SMILES string of the molecule is CC(C)(C)Sc1ccc(Cn2c(CC(C)(C)C(=O)O)c(SC(C)(C)C)c3cc(OCc4ccc5ccccc5n4)ccc32)cc1. The fraction of sp³-hybridized carbons (Fsp3) is 0.368. The molecule has 0 spiro atoms. The highest BCUT2D eigenvalue weighted by Gasteiger charge is 2.33. The number of thioether (sulfide) groups is 2. The van der Waals surface area contributed by atoms with Crippen molar-refractivity contribution in [1.82, 2.24) is 9.55 Å². The van der Waals surface area contributed by atoms with Gasteiger partial charge >= 0.3 is 5.97 Å². The Kier molecular flexibility index (Phi) is 9.35. The van der Waals surface area contributed by atoms with E-state index in [1.807, 2.05) is 55.9 Å². The summed E-state index contributed by atoms with van der Waals surface area (Å²) in [6.45, 7) is 17.9. The molecule has 5 nitrogen and oxygen atoms in total. The quantitative estimate of drug-likeness (QED) is 0.153. The Balaban J connectivity index is 1.56. The van der Waals surface area contributed by atoms with Crippen molar-refractivity contribution < 1.29 is 14.6 Å². The van der Waals surface area contributed by atoms with Crippen molar-refractivity contribution in [3.63, 3.8) is 0 Å². The molecule has 2 heterocycles. The molecule has 5 aromatic rings. The fourth-order valence-corrected chi connectivity index (χ4v) is 7.43. The van der Waals surface area contributed by atoms with E-state index in [1.165, 1.54) is 10.5 Å². The summed E-state index contributed by atoms with van der Waals surface area (Å²) in [5.74, 6) is -0.0422. The Labute approximate surface area is 275 Å². The normalized spacial score (nSPS) is 12.6. The number of pyridine rings is 1. The zero-order chi connectivity index (χ0) is 32.6. The molecule has 0 aliphatic rings. The van der Waals surface area contributed by atoms with E-state index in [0.29, 0.717) is 19.6 Å². The smallest absolute Gasteiger partial charge is 0.309 e. The lowest BCUT2D eigenvalue weighted by atomic mass is 9.88. The number of carbonyl (C=O) groups is 1. The molecule has 0 aliphatic heterocycles. The van der Waals surface area contributed by atoms with Gasteiger partial charge in [-0.05, 0) is 61.9 Å². The van der Waals surface area contributed by atoms with Gasteiger partial charge in [-0.25, -0.2) is 4.98 Å². The molecule has 7 heteroatoms. The molecule has 5 rings (SSSR count). The third kappa shape index (κ3) is 8.25. The first-order valence-electron chi connectivity index (χ1n) is 15.4. The fourth-order valence-electron chi connectivity index (χ4n) is 5.26. The number of hydrogen-bond donors (Lipinski definition) is 1. The number of fused-ring (bicyclic) bond motifs is 2. The van der Waals surface area contributed by atoms with Crippen molar-refractivity contribution in [3.05, 3.63) is 95.8 Å². The highest BCUT2D eigenvalue weighted by Crippen LogP contribution is 2.44. The predicted molar refractivity (Wildman–Crippen MR) is 190 cm³/mol. The molecular formula is C38H44N2O3S2. The Morgan fingerprint density at radius 1 is 0.844 bits per heavy atom. The topological polar surface area (TPSA) is 64.4 Å². The van der Waals surface area contributed by atoms with Gasteiger partial charge in [0.2, 0.25) is 0 Å². The first kappa shape index (κ1) is 33.0. The van der Waals surface area contributed by atoms with Gasteiger partial charge in [0.05, 0.1) is 16.6 Å². The number of benzene rings is 3. The molecule has 0 saturated heterocycles. The zero-order valence-corrected chi connectivity index (χ0v) is 29.2. The summed E-state index contributed by atoms with van der Waals surface area (Å²) >= 11 is 3.64. The molecule has 0 unspecified atom stereocenters. The van der Waals surface area contributed by atoms with Gasteiger partial charge in [0.25, 0.3) is 0 Å². The standard InChI is InChI=1S/C38H44N2O3S2/c1-36(2,3)44-29-18-13-25(14-19-29)23-40-32-20-17-28(43-24-27-16-15-26-11-9-10-12-31(26)39-27)21-30(32)34(45-37(4,5)6)33(40)22-38(7,8)35(41)42/h9-21H,22-24H2,1-8H3,(H,41,42). The molecule has 0 aliphatic carbocycles. The first-order valence-corrected chi connectivity index (χ1v) is 17.0. The average Bonchev–Trinajstić information content (AvgIpc) is 3.21. The maximum absolute atomic E-state index is 12.4. The lowest BCUT2D eigenvalue weighted by Gasteiger charge is -2.24. The average molecular weight is 641 g/mol. The van der Waals surface area contributed by atoms with Gasteiger partial charge in [-0.1, -0.05) is 77.9 Å². The van der Waals surface area contributed by atoms with Crippen molar-refractivity contribution in [2.45, 2.75) is 94.2 Å². The van der Waals surface area contributed by atoms with E-state index in [-0.39, 0.29) is 9.49 Å². The molecule has 45 heavy (non-hydrogen) atoms. The van der Waals surface area contributed by atoms with E-state index >= 15 is 0 Å². The van der Waals surface area contributed by atoms with Crippen LogP contribution in [0.3, 0.4) is 0 Å². The highest BCUT2D eigenvalue weighted by molar-refractivity contribution is 8.01. The third-order valence-corrected chi connectivity index (χ3v) is 9.81. The van der Waals surface area contributed by atoms with Crippen LogP contribution in [0.2, 0.25) is 0 Å². The number of nitrogens with zero attached hydrogens (tertiary/aromatic N) is 2. The van der Waals surface area contributed by atoms with Gasteiger partial charge in [0.15, 0.2) is 0 Å². The summed E-state index contributed by atoms with van der Waals surface area (Å²) < 4.78 is 8.68. The van der Waals surface area contributed by atoms with Gasteiger partial charge in [0, 0.05) is 54.2 Å². The van der Waals surface area contributed by atoms with Gasteiger partial charge in [-0.3, -0.25) is 4.79 Å². The van der Waals surface area contributed by atoms with Crippen LogP contribution in [0, 0.1) is 5.41 Å². The van der Waals surface area contributed by atoms with E-state index in [4.69, 9.17) is 9.72 Å². The Morgan fingerprint density at radius 3 is 2.20 bits per heavy atom. The van der Waals surface area contributed by atoms with E-state index in [2.05, 4.69) is 94.6 Å². The van der Waals surface area contributed by atoms with Crippen LogP contribution < -0.4 is 4.74 Å². The van der Waals surface area contributed by atoms with Gasteiger partial charge in [0.1, 0.15) is 12.4 Å². The Bertz CT molecular complexity index is 1830. The summed E-state index contributed by atoms with van der Waals surface area (Å²) in [6.07, 6.45) is 0.407. The Hall–Kier alpha value is -3.42. The molecular weight excluding hydrogens is 597 g/mol. The summed E-state index contributed by atoms with van der Waals surface area (Å²) in [5.41, 5.74) is 4.17. The number of ether oxygens (including phenoxy) is 1. The maximum atomic E-state index is 12.4. The van der Waals surface area contributed by atoms with E-state index in [9.17, 15) is 9.90 Å². The number of rotatable bonds is 10. The number of aliphatic carboxylic acids is 1. The highest BCUT2D eigenvalue weighted by atomic mass is 32.2. The predicted octanol–water partition coefficient (Wildman–Crippen LogP) is 10.3. The summed E-state index contributed by atoms with van der Waals surface area (Å²) in [7, 11) is 0. The molecule has 0 radical (unpaired) electrons. The zero-order valence-electron chi connectivity index (χ0n) is 27.6. The monoisotopic (exact) mass is 640 g/mol. The van der Waals surface area contributed by atoms with Crippen LogP contribution in [-0.4, -0.2) is 30.1 Å². The summed E-state index contributed by atoms with van der Waals surface area (Å²) in [6, 6.07) is 27.2. The number of hydrogen-bond acceptors (Lipinski definition) is 5. The van der Waals surface area contributed by atoms with E-state index < -0.39 is 11.4 Å². The van der Waals surface area contributed by atoms with E-state index in [0.717, 1.165) is 43.8 Å². The summed E-state index contributed by atoms with van der Waals surface area (Å²) in [4.78, 5) is 19.5. The van der Waals surface area contributed by atoms with Gasteiger partial charge in [-0.2, -0.15) is 0 Å². The van der Waals surface area contributed by atoms with Crippen LogP contribution in [0.25, 0.3) is 21.8 Å². The lowest BCUT2D eigenvalue weighted by molar-refractivity contribution is -0.146. The molecule has 3 aromatic carbocycles. The minimum Gasteiger partial charge on any atom is -0.487 e. The van der Waals surface area contributed by atoms with Crippen molar-refractivity contribution >= 4 is 51.3 Å². The molecule has 236 valence electrons. The Morgan fingerprint density at radius 2 is 1.53 bits per heavy atom.